The highest BCUT2D eigenvalue weighted by Gasteiger charge is 2.46. The van der Waals surface area contributed by atoms with E-state index >= 15 is 0 Å². The molecule has 3 fully saturated rings. The predicted octanol–water partition coefficient (Wildman–Crippen LogP) is 2.74. The second kappa shape index (κ2) is 9.47. The molecule has 6 N–H and O–H groups in total. The number of fused-ring (bicyclic) bond motifs is 2. The monoisotopic (exact) mass is 546 g/mol. The van der Waals surface area contributed by atoms with Crippen molar-refractivity contribution in [3.05, 3.63) is 42.2 Å². The number of H-pyrrole nitrogens is 1. The fraction of sp³-hybridized carbons (Fsp3) is 0.586. The van der Waals surface area contributed by atoms with Crippen LogP contribution in [0.2, 0.25) is 0 Å². The molecule has 4 atom stereocenters. The Bertz CT molecular complexity index is 1540. The molecule has 11 nitrogen and oxygen atoms in total. The standard InChI is InChI=1S/C29H38N8O3/c1-28(8-3-9-28)17-5-6-18-19(10-17)36-21(35-18)7-4-16-11-29(2,12-16)34-13-20-23(38)24(39)27(40-20)37-15-33-22-25(30)31-14-32-26(22)37/h5-6,10,14-16,20,23-24,27,34,38-39H,3-4,7-9,11-13H2,1-2H3,(H,35,36)(H2,30,31,32)/t16-,20-,23+,24+,27-,29-/m1/s1. The molecule has 40 heavy (non-hydrogen) atoms. The van der Waals surface area contributed by atoms with Crippen LogP contribution < -0.4 is 11.1 Å². The number of imidazole rings is 2. The molecule has 2 aliphatic carbocycles. The number of ether oxygens (including phenoxy) is 1. The van der Waals surface area contributed by atoms with Gasteiger partial charge in [0.05, 0.1) is 17.4 Å². The van der Waals surface area contributed by atoms with Gasteiger partial charge < -0.3 is 31.0 Å². The maximum absolute atomic E-state index is 10.7. The van der Waals surface area contributed by atoms with E-state index < -0.39 is 24.5 Å². The van der Waals surface area contributed by atoms with Gasteiger partial charge in [0.1, 0.15) is 36.0 Å². The summed E-state index contributed by atoms with van der Waals surface area (Å²) in [6.07, 6.45) is 7.33. The molecule has 4 heterocycles. The highest BCUT2D eigenvalue weighted by atomic mass is 16.6. The van der Waals surface area contributed by atoms with E-state index in [9.17, 15) is 10.2 Å². The van der Waals surface area contributed by atoms with Crippen LogP contribution in [0, 0.1) is 5.92 Å². The number of nitrogen functional groups attached to an aromatic ring is 1. The summed E-state index contributed by atoms with van der Waals surface area (Å²) in [5, 5.41) is 25.1. The second-order valence-corrected chi connectivity index (χ2v) is 12.7. The molecule has 7 rings (SSSR count). The van der Waals surface area contributed by atoms with Crippen LogP contribution in [0.3, 0.4) is 0 Å². The number of aromatic amines is 1. The van der Waals surface area contributed by atoms with Crippen molar-refractivity contribution < 1.29 is 14.9 Å². The topological polar surface area (TPSA) is 160 Å². The molecule has 0 amide bonds. The summed E-state index contributed by atoms with van der Waals surface area (Å²) in [7, 11) is 0. The summed E-state index contributed by atoms with van der Waals surface area (Å²) in [5.41, 5.74) is 10.7. The molecular formula is C29H38N8O3. The van der Waals surface area contributed by atoms with Crippen molar-refractivity contribution in [2.24, 2.45) is 5.92 Å². The first kappa shape index (κ1) is 25.8. The van der Waals surface area contributed by atoms with E-state index in [4.69, 9.17) is 15.5 Å². The SMILES string of the molecule is CC1(c2ccc3[nH]c(CC[C@H]4C[C@](C)(NC[C@H]5O[C@@H](n6cnc7c(N)ncnc76)[C@@H](O)[C@H]5O)C4)nc3c2)CCC1. The van der Waals surface area contributed by atoms with Gasteiger partial charge in [-0.15, -0.1) is 0 Å². The normalized spacial score (nSPS) is 31.4. The maximum Gasteiger partial charge on any atom is 0.167 e. The molecule has 1 saturated heterocycles. The summed E-state index contributed by atoms with van der Waals surface area (Å²) in [6, 6.07) is 6.73. The van der Waals surface area contributed by atoms with Crippen molar-refractivity contribution in [3.63, 3.8) is 0 Å². The number of aliphatic hydroxyl groups is 2. The molecule has 0 radical (unpaired) electrons. The van der Waals surface area contributed by atoms with Crippen molar-refractivity contribution in [2.45, 2.75) is 94.3 Å². The molecule has 1 aliphatic heterocycles. The lowest BCUT2D eigenvalue weighted by molar-refractivity contribution is -0.0384. The zero-order valence-corrected chi connectivity index (χ0v) is 23.0. The predicted molar refractivity (Wildman–Crippen MR) is 150 cm³/mol. The van der Waals surface area contributed by atoms with Gasteiger partial charge in [0, 0.05) is 18.5 Å². The molecule has 2 saturated carbocycles. The van der Waals surface area contributed by atoms with Gasteiger partial charge in [-0.3, -0.25) is 4.57 Å². The summed E-state index contributed by atoms with van der Waals surface area (Å²) >= 11 is 0. The number of aliphatic hydroxyl groups excluding tert-OH is 2. The summed E-state index contributed by atoms with van der Waals surface area (Å²) in [6.45, 7) is 5.01. The fourth-order valence-corrected chi connectivity index (χ4v) is 6.98. The summed E-state index contributed by atoms with van der Waals surface area (Å²) in [4.78, 5) is 20.9. The Balaban J connectivity index is 0.917. The zero-order chi connectivity index (χ0) is 27.6. The number of nitrogens with one attached hydrogen (secondary N) is 2. The number of nitrogens with zero attached hydrogens (tertiary/aromatic N) is 5. The Morgan fingerprint density at radius 1 is 1.15 bits per heavy atom. The lowest BCUT2D eigenvalue weighted by atomic mass is 9.66. The molecule has 1 aromatic carbocycles. The number of hydrogen-bond donors (Lipinski definition) is 5. The third-order valence-corrected chi connectivity index (χ3v) is 9.68. The van der Waals surface area contributed by atoms with Crippen LogP contribution in [0.1, 0.15) is 70.0 Å². The van der Waals surface area contributed by atoms with Crippen LogP contribution in [-0.2, 0) is 16.6 Å². The van der Waals surface area contributed by atoms with Gasteiger partial charge in [-0.1, -0.05) is 19.4 Å². The van der Waals surface area contributed by atoms with Crippen LogP contribution in [0.4, 0.5) is 5.82 Å². The van der Waals surface area contributed by atoms with Gasteiger partial charge >= 0.3 is 0 Å². The van der Waals surface area contributed by atoms with Crippen LogP contribution in [-0.4, -0.2) is 70.1 Å². The lowest BCUT2D eigenvalue weighted by Crippen LogP contribution is -2.55. The number of anilines is 1. The fourth-order valence-electron chi connectivity index (χ4n) is 6.98. The summed E-state index contributed by atoms with van der Waals surface area (Å²) in [5.74, 6) is 1.94. The van der Waals surface area contributed by atoms with Crippen LogP contribution in [0.25, 0.3) is 22.2 Å². The minimum Gasteiger partial charge on any atom is -0.387 e. The number of aromatic nitrogens is 6. The molecule has 0 bridgehead atoms. The Hall–Kier alpha value is -3.12. The molecule has 4 aromatic rings. The third kappa shape index (κ3) is 4.36. The lowest BCUT2D eigenvalue weighted by Gasteiger charge is -2.46. The number of nitrogens with two attached hydrogens (primary N) is 1. The maximum atomic E-state index is 10.7. The van der Waals surface area contributed by atoms with Crippen molar-refractivity contribution in [1.29, 1.82) is 0 Å². The minimum atomic E-state index is -1.11. The Morgan fingerprint density at radius 3 is 2.75 bits per heavy atom. The van der Waals surface area contributed by atoms with Crippen molar-refractivity contribution in [1.82, 2.24) is 34.8 Å². The number of benzene rings is 1. The second-order valence-electron chi connectivity index (χ2n) is 12.7. The summed E-state index contributed by atoms with van der Waals surface area (Å²) < 4.78 is 7.70. The van der Waals surface area contributed by atoms with Gasteiger partial charge in [0.15, 0.2) is 17.7 Å². The number of aryl methyl sites for hydroxylation is 1. The number of hydrogen-bond acceptors (Lipinski definition) is 9. The largest absolute Gasteiger partial charge is 0.387 e. The van der Waals surface area contributed by atoms with Gasteiger partial charge in [-0.25, -0.2) is 19.9 Å². The molecule has 0 unspecified atom stereocenters. The van der Waals surface area contributed by atoms with Gasteiger partial charge in [-0.2, -0.15) is 0 Å². The molecule has 3 aromatic heterocycles. The average molecular weight is 547 g/mol. The minimum absolute atomic E-state index is 0.0266. The first-order valence-electron chi connectivity index (χ1n) is 14.4. The van der Waals surface area contributed by atoms with Crippen molar-refractivity contribution in [3.8, 4) is 0 Å². The van der Waals surface area contributed by atoms with Gasteiger partial charge in [0.2, 0.25) is 0 Å². The molecule has 212 valence electrons. The van der Waals surface area contributed by atoms with E-state index in [0.717, 1.165) is 42.5 Å². The van der Waals surface area contributed by atoms with E-state index in [0.29, 0.717) is 29.0 Å². The van der Waals surface area contributed by atoms with Crippen LogP contribution in [0.15, 0.2) is 30.9 Å². The average Bonchev–Trinajstić information content (AvgIpc) is 3.59. The van der Waals surface area contributed by atoms with E-state index in [1.807, 2.05) is 0 Å². The Labute approximate surface area is 232 Å². The molecule has 0 spiro atoms. The Kier molecular flexibility index (Phi) is 6.12. The quantitative estimate of drug-likeness (QED) is 0.224. The van der Waals surface area contributed by atoms with E-state index in [1.165, 1.54) is 37.5 Å². The first-order valence-corrected chi connectivity index (χ1v) is 14.4. The smallest absolute Gasteiger partial charge is 0.167 e. The van der Waals surface area contributed by atoms with Crippen LogP contribution in [0.5, 0.6) is 0 Å². The van der Waals surface area contributed by atoms with E-state index in [-0.39, 0.29) is 11.4 Å². The van der Waals surface area contributed by atoms with Crippen LogP contribution >= 0.6 is 0 Å². The van der Waals surface area contributed by atoms with Gasteiger partial charge in [0.25, 0.3) is 0 Å². The third-order valence-electron chi connectivity index (χ3n) is 9.68. The molecule has 3 aliphatic rings. The van der Waals surface area contributed by atoms with Gasteiger partial charge in [-0.05, 0) is 68.1 Å². The van der Waals surface area contributed by atoms with E-state index in [2.05, 4.69) is 57.3 Å². The number of rotatable bonds is 8. The first-order chi connectivity index (χ1) is 19.2. The molecule has 11 heteroatoms. The highest BCUT2D eigenvalue weighted by Crippen LogP contribution is 2.44. The van der Waals surface area contributed by atoms with E-state index in [1.54, 1.807) is 4.57 Å². The zero-order valence-electron chi connectivity index (χ0n) is 23.0. The van der Waals surface area contributed by atoms with Crippen molar-refractivity contribution in [2.75, 3.05) is 12.3 Å². The van der Waals surface area contributed by atoms with Crippen molar-refractivity contribution >= 4 is 28.0 Å². The molecular weight excluding hydrogens is 508 g/mol. The Morgan fingerprint density at radius 2 is 1.98 bits per heavy atom. The highest BCUT2D eigenvalue weighted by molar-refractivity contribution is 5.81.